The fourth-order valence-corrected chi connectivity index (χ4v) is 2.00. The van der Waals surface area contributed by atoms with E-state index in [1.807, 2.05) is 18.2 Å². The Morgan fingerprint density at radius 2 is 1.95 bits per heavy atom. The number of aromatic nitrogens is 2. The molecule has 116 valence electrons. The summed E-state index contributed by atoms with van der Waals surface area (Å²) in [6.45, 7) is 3.49. The van der Waals surface area contributed by atoms with Crippen molar-refractivity contribution in [3.63, 3.8) is 0 Å². The third kappa shape index (κ3) is 5.16. The number of nitrogens with zero attached hydrogens (tertiary/aromatic N) is 2. The molecule has 2 N–H and O–H groups in total. The second-order valence-corrected chi connectivity index (χ2v) is 5.04. The van der Waals surface area contributed by atoms with Crippen LogP contribution in [0.3, 0.4) is 0 Å². The molecule has 5 heteroatoms. The summed E-state index contributed by atoms with van der Waals surface area (Å²) in [6.07, 6.45) is 4.51. The average molecular weight is 298 g/mol. The first-order chi connectivity index (χ1) is 10.8. The van der Waals surface area contributed by atoms with Gasteiger partial charge in [-0.05, 0) is 24.5 Å². The number of carbonyl (C=O) groups excluding carboxylic acids is 1. The third-order valence-corrected chi connectivity index (χ3v) is 3.24. The SMILES string of the molecule is CCCCNC(=O)c1ccnc(NCCc2ccccc2)n1. The highest BCUT2D eigenvalue weighted by atomic mass is 16.1. The number of benzene rings is 1. The van der Waals surface area contributed by atoms with Gasteiger partial charge >= 0.3 is 0 Å². The first-order valence-corrected chi connectivity index (χ1v) is 7.68. The van der Waals surface area contributed by atoms with E-state index >= 15 is 0 Å². The molecule has 0 fully saturated rings. The second-order valence-electron chi connectivity index (χ2n) is 5.04. The molecule has 0 atom stereocenters. The number of unbranched alkanes of at least 4 members (excludes halogenated alkanes) is 1. The summed E-state index contributed by atoms with van der Waals surface area (Å²) >= 11 is 0. The Kier molecular flexibility index (Phi) is 6.36. The van der Waals surface area contributed by atoms with Crippen LogP contribution in [0.25, 0.3) is 0 Å². The molecular formula is C17H22N4O. The maximum absolute atomic E-state index is 11.9. The predicted octanol–water partition coefficient (Wildman–Crippen LogP) is 2.66. The molecule has 0 aliphatic rings. The lowest BCUT2D eigenvalue weighted by atomic mass is 10.1. The predicted molar refractivity (Wildman–Crippen MR) is 87.9 cm³/mol. The van der Waals surface area contributed by atoms with Crippen LogP contribution >= 0.6 is 0 Å². The molecule has 0 saturated carbocycles. The minimum atomic E-state index is -0.151. The van der Waals surface area contributed by atoms with E-state index < -0.39 is 0 Å². The van der Waals surface area contributed by atoms with Gasteiger partial charge in [-0.1, -0.05) is 43.7 Å². The van der Waals surface area contributed by atoms with E-state index in [4.69, 9.17) is 0 Å². The van der Waals surface area contributed by atoms with E-state index in [1.165, 1.54) is 5.56 Å². The summed E-state index contributed by atoms with van der Waals surface area (Å²) in [5.74, 6) is 0.334. The zero-order valence-electron chi connectivity index (χ0n) is 12.9. The molecule has 1 amide bonds. The van der Waals surface area contributed by atoms with Crippen LogP contribution in [0.2, 0.25) is 0 Å². The van der Waals surface area contributed by atoms with Gasteiger partial charge in [-0.25, -0.2) is 9.97 Å². The summed E-state index contributed by atoms with van der Waals surface area (Å²) in [6, 6.07) is 11.8. The van der Waals surface area contributed by atoms with Crippen LogP contribution in [0.1, 0.15) is 35.8 Å². The Morgan fingerprint density at radius 3 is 2.73 bits per heavy atom. The summed E-state index contributed by atoms with van der Waals surface area (Å²) < 4.78 is 0. The molecule has 1 heterocycles. The monoisotopic (exact) mass is 298 g/mol. The van der Waals surface area contributed by atoms with Gasteiger partial charge in [-0.3, -0.25) is 4.79 Å². The Balaban J connectivity index is 1.84. The van der Waals surface area contributed by atoms with Crippen molar-refractivity contribution in [2.45, 2.75) is 26.2 Å². The van der Waals surface area contributed by atoms with Crippen LogP contribution in [0.5, 0.6) is 0 Å². The fraction of sp³-hybridized carbons (Fsp3) is 0.353. The van der Waals surface area contributed by atoms with Gasteiger partial charge in [0.05, 0.1) is 0 Å². The Morgan fingerprint density at radius 1 is 1.14 bits per heavy atom. The quantitative estimate of drug-likeness (QED) is 0.735. The molecule has 2 rings (SSSR count). The molecule has 0 radical (unpaired) electrons. The molecule has 0 aliphatic carbocycles. The lowest BCUT2D eigenvalue weighted by Crippen LogP contribution is -2.25. The molecule has 0 spiro atoms. The number of carbonyl (C=O) groups is 1. The molecule has 22 heavy (non-hydrogen) atoms. The standard InChI is InChI=1S/C17H22N4O/c1-2-3-11-18-16(22)15-10-13-20-17(21-15)19-12-9-14-7-5-4-6-8-14/h4-8,10,13H,2-3,9,11-12H2,1H3,(H,18,22)(H,19,20,21). The molecule has 1 aromatic heterocycles. The number of anilines is 1. The van der Waals surface area contributed by atoms with Crippen LogP contribution in [0, 0.1) is 0 Å². The highest BCUT2D eigenvalue weighted by Gasteiger charge is 2.07. The zero-order valence-corrected chi connectivity index (χ0v) is 12.9. The van der Waals surface area contributed by atoms with Gasteiger partial charge in [0.2, 0.25) is 5.95 Å². The van der Waals surface area contributed by atoms with Crippen LogP contribution in [0.15, 0.2) is 42.6 Å². The largest absolute Gasteiger partial charge is 0.354 e. The van der Waals surface area contributed by atoms with E-state index in [2.05, 4.69) is 39.7 Å². The van der Waals surface area contributed by atoms with E-state index in [-0.39, 0.29) is 5.91 Å². The Hall–Kier alpha value is -2.43. The van der Waals surface area contributed by atoms with Gasteiger partial charge < -0.3 is 10.6 Å². The van der Waals surface area contributed by atoms with Crippen molar-refractivity contribution in [1.29, 1.82) is 0 Å². The van der Waals surface area contributed by atoms with Crippen molar-refractivity contribution in [1.82, 2.24) is 15.3 Å². The maximum Gasteiger partial charge on any atom is 0.270 e. The molecule has 2 aromatic rings. The summed E-state index contributed by atoms with van der Waals surface area (Å²) in [5.41, 5.74) is 1.65. The summed E-state index contributed by atoms with van der Waals surface area (Å²) in [7, 11) is 0. The zero-order chi connectivity index (χ0) is 15.6. The fourth-order valence-electron chi connectivity index (χ4n) is 2.00. The second kappa shape index (κ2) is 8.77. The van der Waals surface area contributed by atoms with E-state index in [9.17, 15) is 4.79 Å². The topological polar surface area (TPSA) is 66.9 Å². The Bertz CT molecular complexity index is 586. The van der Waals surface area contributed by atoms with Crippen LogP contribution in [-0.2, 0) is 6.42 Å². The molecule has 0 aliphatic heterocycles. The highest BCUT2D eigenvalue weighted by molar-refractivity contribution is 5.92. The van der Waals surface area contributed by atoms with Crippen molar-refractivity contribution in [3.8, 4) is 0 Å². The third-order valence-electron chi connectivity index (χ3n) is 3.24. The molecule has 1 aromatic carbocycles. The van der Waals surface area contributed by atoms with Gasteiger partial charge in [0.1, 0.15) is 5.69 Å². The van der Waals surface area contributed by atoms with Crippen molar-refractivity contribution in [3.05, 3.63) is 53.9 Å². The smallest absolute Gasteiger partial charge is 0.270 e. The minimum absolute atomic E-state index is 0.151. The minimum Gasteiger partial charge on any atom is -0.354 e. The molecule has 0 unspecified atom stereocenters. The average Bonchev–Trinajstić information content (AvgIpc) is 2.56. The van der Waals surface area contributed by atoms with Crippen LogP contribution < -0.4 is 10.6 Å². The first kappa shape index (κ1) is 15.9. The number of hydrogen-bond acceptors (Lipinski definition) is 4. The lowest BCUT2D eigenvalue weighted by molar-refractivity contribution is 0.0948. The first-order valence-electron chi connectivity index (χ1n) is 7.68. The number of hydrogen-bond donors (Lipinski definition) is 2. The van der Waals surface area contributed by atoms with Crippen molar-refractivity contribution in [2.75, 3.05) is 18.4 Å². The Labute approximate surface area is 131 Å². The lowest BCUT2D eigenvalue weighted by Gasteiger charge is -2.07. The van der Waals surface area contributed by atoms with Crippen molar-refractivity contribution in [2.24, 2.45) is 0 Å². The van der Waals surface area contributed by atoms with E-state index in [0.717, 1.165) is 25.8 Å². The summed E-state index contributed by atoms with van der Waals surface area (Å²) in [4.78, 5) is 20.3. The highest BCUT2D eigenvalue weighted by Crippen LogP contribution is 2.03. The van der Waals surface area contributed by atoms with Gasteiger partial charge in [-0.2, -0.15) is 0 Å². The number of rotatable bonds is 8. The normalized spacial score (nSPS) is 10.2. The molecule has 5 nitrogen and oxygen atoms in total. The van der Waals surface area contributed by atoms with Crippen molar-refractivity contribution >= 4 is 11.9 Å². The number of nitrogens with one attached hydrogen (secondary N) is 2. The van der Waals surface area contributed by atoms with Gasteiger partial charge in [-0.15, -0.1) is 0 Å². The van der Waals surface area contributed by atoms with Crippen molar-refractivity contribution < 1.29 is 4.79 Å². The summed E-state index contributed by atoms with van der Waals surface area (Å²) in [5, 5.41) is 6.01. The maximum atomic E-state index is 11.9. The molecule has 0 saturated heterocycles. The molecular weight excluding hydrogens is 276 g/mol. The number of amides is 1. The molecule has 0 bridgehead atoms. The van der Waals surface area contributed by atoms with E-state index in [1.54, 1.807) is 12.3 Å². The van der Waals surface area contributed by atoms with E-state index in [0.29, 0.717) is 18.2 Å². The van der Waals surface area contributed by atoms with Gasteiger partial charge in [0, 0.05) is 19.3 Å². The van der Waals surface area contributed by atoms with Crippen LogP contribution in [0.4, 0.5) is 5.95 Å². The van der Waals surface area contributed by atoms with Gasteiger partial charge in [0.15, 0.2) is 0 Å². The van der Waals surface area contributed by atoms with Crippen LogP contribution in [-0.4, -0.2) is 29.0 Å². The van der Waals surface area contributed by atoms with Gasteiger partial charge in [0.25, 0.3) is 5.91 Å².